The molecule has 0 aromatic heterocycles. The Hall–Kier alpha value is -2.19. The van der Waals surface area contributed by atoms with Gasteiger partial charge in [0.05, 0.1) is 12.1 Å². The number of allylic oxidation sites excluding steroid dienone is 1. The van der Waals surface area contributed by atoms with E-state index in [1.54, 1.807) is 6.20 Å². The van der Waals surface area contributed by atoms with Crippen molar-refractivity contribution in [2.24, 2.45) is 9.98 Å². The van der Waals surface area contributed by atoms with Crippen LogP contribution in [0.25, 0.3) is 0 Å². The summed E-state index contributed by atoms with van der Waals surface area (Å²) in [4.78, 5) is 8.30. The number of hydrogen-bond acceptors (Lipinski definition) is 4. The normalized spacial score (nSPS) is 18.6. The summed E-state index contributed by atoms with van der Waals surface area (Å²) in [5, 5.41) is 6.91. The third-order valence-corrected chi connectivity index (χ3v) is 3.03. The molecule has 0 bridgehead atoms. The zero-order chi connectivity index (χ0) is 13.7. The maximum atomic E-state index is 6.91. The molecule has 1 aromatic rings. The van der Waals surface area contributed by atoms with Crippen molar-refractivity contribution in [2.45, 2.75) is 26.3 Å². The van der Waals surface area contributed by atoms with Crippen LogP contribution < -0.4 is 4.74 Å². The first-order valence-corrected chi connectivity index (χ1v) is 6.28. The Bertz CT molecular complexity index is 569. The quantitative estimate of drug-likeness (QED) is 0.829. The molecule has 1 atom stereocenters. The minimum Gasteiger partial charge on any atom is -0.491 e. The molecule has 1 aliphatic rings. The van der Waals surface area contributed by atoms with Gasteiger partial charge in [-0.3, -0.25) is 4.99 Å². The number of rotatable bonds is 3. The van der Waals surface area contributed by atoms with E-state index in [0.717, 1.165) is 29.0 Å². The highest BCUT2D eigenvalue weighted by atomic mass is 16.5. The summed E-state index contributed by atoms with van der Waals surface area (Å²) in [5.74, 6) is 0.902. The molecule has 0 amide bonds. The number of fused-ring (bicyclic) bond motifs is 1. The SMILES string of the molecule is C/C=C\N=C(/C)c1ccc2c(c1)CC(N=C=N)CO2. The van der Waals surface area contributed by atoms with Gasteiger partial charge in [0.1, 0.15) is 12.4 Å². The van der Waals surface area contributed by atoms with Gasteiger partial charge in [-0.05, 0) is 43.2 Å². The summed E-state index contributed by atoms with van der Waals surface area (Å²) in [5.41, 5.74) is 3.17. The highest BCUT2D eigenvalue weighted by molar-refractivity contribution is 5.99. The van der Waals surface area contributed by atoms with Crippen molar-refractivity contribution in [3.63, 3.8) is 0 Å². The molecule has 1 unspecified atom stereocenters. The number of nitrogens with one attached hydrogen (secondary N) is 1. The average Bonchev–Trinajstić information content (AvgIpc) is 2.44. The van der Waals surface area contributed by atoms with Crippen LogP contribution in [0.5, 0.6) is 5.75 Å². The fourth-order valence-electron chi connectivity index (χ4n) is 2.04. The second-order valence-electron chi connectivity index (χ2n) is 4.43. The Kier molecular flexibility index (Phi) is 4.26. The maximum Gasteiger partial charge on any atom is 0.122 e. The second-order valence-corrected chi connectivity index (χ2v) is 4.43. The van der Waals surface area contributed by atoms with Crippen LogP contribution >= 0.6 is 0 Å². The summed E-state index contributed by atoms with van der Waals surface area (Å²) in [6.45, 7) is 4.44. The lowest BCUT2D eigenvalue weighted by molar-refractivity contribution is 0.265. The third kappa shape index (κ3) is 3.18. The molecule has 4 heteroatoms. The highest BCUT2D eigenvalue weighted by Crippen LogP contribution is 2.27. The maximum absolute atomic E-state index is 6.91. The van der Waals surface area contributed by atoms with Gasteiger partial charge in [0.15, 0.2) is 0 Å². The van der Waals surface area contributed by atoms with E-state index in [1.807, 2.05) is 32.1 Å². The van der Waals surface area contributed by atoms with Crippen LogP contribution in [0.2, 0.25) is 0 Å². The van der Waals surface area contributed by atoms with Crippen molar-refractivity contribution >= 4 is 11.7 Å². The summed E-state index contributed by atoms with van der Waals surface area (Å²) in [6, 6.07) is 8.17. The van der Waals surface area contributed by atoms with Gasteiger partial charge < -0.3 is 4.74 Å². The Morgan fingerprint density at radius 3 is 3.11 bits per heavy atom. The fraction of sp³-hybridized carbons (Fsp3) is 0.333. The van der Waals surface area contributed by atoms with E-state index in [-0.39, 0.29) is 6.04 Å². The molecule has 19 heavy (non-hydrogen) atoms. The number of aliphatic imine (C=N–C) groups is 2. The van der Waals surface area contributed by atoms with Crippen LogP contribution in [0.15, 0.2) is 40.5 Å². The van der Waals surface area contributed by atoms with Crippen molar-refractivity contribution in [1.29, 1.82) is 5.41 Å². The highest BCUT2D eigenvalue weighted by Gasteiger charge is 2.19. The van der Waals surface area contributed by atoms with Crippen molar-refractivity contribution in [3.05, 3.63) is 41.6 Å². The van der Waals surface area contributed by atoms with Gasteiger partial charge in [-0.2, -0.15) is 0 Å². The number of hydrogen-bond donors (Lipinski definition) is 1. The molecule has 1 aliphatic heterocycles. The molecule has 1 N–H and O–H groups in total. The van der Waals surface area contributed by atoms with E-state index in [9.17, 15) is 0 Å². The van der Waals surface area contributed by atoms with E-state index in [1.165, 1.54) is 0 Å². The minimum absolute atomic E-state index is 0.00645. The lowest BCUT2D eigenvalue weighted by Gasteiger charge is -2.22. The van der Waals surface area contributed by atoms with Crippen molar-refractivity contribution in [2.75, 3.05) is 6.61 Å². The van der Waals surface area contributed by atoms with Crippen LogP contribution in [0.1, 0.15) is 25.0 Å². The Labute approximate surface area is 113 Å². The molecular weight excluding hydrogens is 238 g/mol. The van der Waals surface area contributed by atoms with Gasteiger partial charge in [-0.25, -0.2) is 10.4 Å². The smallest absolute Gasteiger partial charge is 0.122 e. The second kappa shape index (κ2) is 6.12. The van der Waals surface area contributed by atoms with E-state index in [4.69, 9.17) is 10.1 Å². The monoisotopic (exact) mass is 255 g/mol. The molecule has 0 fully saturated rings. The van der Waals surface area contributed by atoms with E-state index >= 15 is 0 Å². The zero-order valence-electron chi connectivity index (χ0n) is 11.2. The Morgan fingerprint density at radius 1 is 1.53 bits per heavy atom. The largest absolute Gasteiger partial charge is 0.491 e. The lowest BCUT2D eigenvalue weighted by Crippen LogP contribution is -2.24. The van der Waals surface area contributed by atoms with Gasteiger partial charge >= 0.3 is 0 Å². The predicted molar refractivity (Wildman–Crippen MR) is 76.6 cm³/mol. The summed E-state index contributed by atoms with van der Waals surface area (Å²) < 4.78 is 5.63. The van der Waals surface area contributed by atoms with Crippen molar-refractivity contribution in [1.82, 2.24) is 0 Å². The van der Waals surface area contributed by atoms with E-state index < -0.39 is 0 Å². The van der Waals surface area contributed by atoms with E-state index in [2.05, 4.69) is 22.1 Å². The van der Waals surface area contributed by atoms with Crippen LogP contribution in [0.3, 0.4) is 0 Å². The molecule has 2 rings (SSSR count). The molecule has 0 saturated heterocycles. The summed E-state index contributed by atoms with van der Waals surface area (Å²) in [6.07, 6.45) is 4.47. The number of benzene rings is 1. The molecule has 0 spiro atoms. The molecule has 1 heterocycles. The third-order valence-electron chi connectivity index (χ3n) is 3.03. The Balaban J connectivity index is 2.28. The van der Waals surface area contributed by atoms with Gasteiger partial charge in [0.25, 0.3) is 0 Å². The first kappa shape index (κ1) is 13.2. The van der Waals surface area contributed by atoms with Crippen LogP contribution in [0.4, 0.5) is 0 Å². The topological polar surface area (TPSA) is 57.8 Å². The summed E-state index contributed by atoms with van der Waals surface area (Å²) >= 11 is 0. The number of nitrogens with zero attached hydrogens (tertiary/aromatic N) is 2. The van der Waals surface area contributed by atoms with Gasteiger partial charge in [0, 0.05) is 18.3 Å². The molecule has 0 radical (unpaired) electrons. The Morgan fingerprint density at radius 2 is 2.37 bits per heavy atom. The van der Waals surface area contributed by atoms with Crippen LogP contribution in [-0.2, 0) is 6.42 Å². The summed E-state index contributed by atoms with van der Waals surface area (Å²) in [7, 11) is 0. The first-order valence-electron chi connectivity index (χ1n) is 6.28. The zero-order valence-corrected chi connectivity index (χ0v) is 11.2. The molecule has 4 nitrogen and oxygen atoms in total. The molecule has 98 valence electrons. The van der Waals surface area contributed by atoms with Crippen LogP contribution in [-0.4, -0.2) is 24.4 Å². The molecule has 0 aliphatic carbocycles. The molecule has 0 saturated carbocycles. The van der Waals surface area contributed by atoms with Gasteiger partial charge in [-0.1, -0.05) is 6.08 Å². The fourth-order valence-corrected chi connectivity index (χ4v) is 2.04. The van der Waals surface area contributed by atoms with Gasteiger partial charge in [-0.15, -0.1) is 0 Å². The van der Waals surface area contributed by atoms with Crippen molar-refractivity contribution in [3.8, 4) is 5.75 Å². The van der Waals surface area contributed by atoms with Crippen LogP contribution in [0, 0.1) is 5.41 Å². The minimum atomic E-state index is -0.00645. The standard InChI is InChI=1S/C15H17N3O/c1-3-6-17-11(2)12-4-5-15-13(7-12)8-14(9-19-15)18-10-16/h3-7,14,16H,8-9H2,1-2H3/b6-3-,17-11+. The number of ether oxygens (including phenoxy) is 1. The molecule has 1 aromatic carbocycles. The predicted octanol–water partition coefficient (Wildman–Crippen LogP) is 3.09. The average molecular weight is 255 g/mol. The first-order chi connectivity index (χ1) is 9.24. The van der Waals surface area contributed by atoms with Crippen molar-refractivity contribution < 1.29 is 4.74 Å². The lowest BCUT2D eigenvalue weighted by atomic mass is 9.99. The van der Waals surface area contributed by atoms with Gasteiger partial charge in [0.2, 0.25) is 0 Å². The molecular formula is C15H17N3O. The van der Waals surface area contributed by atoms with E-state index in [0.29, 0.717) is 6.61 Å².